The second kappa shape index (κ2) is 7.62. The molecule has 0 saturated carbocycles. The van der Waals surface area contributed by atoms with Crippen LogP contribution in [0.4, 0.5) is 0 Å². The van der Waals surface area contributed by atoms with Gasteiger partial charge in [-0.2, -0.15) is 4.73 Å². The van der Waals surface area contributed by atoms with Gasteiger partial charge in [-0.15, -0.1) is 0 Å². The van der Waals surface area contributed by atoms with Crippen molar-refractivity contribution in [2.75, 3.05) is 19.4 Å². The highest BCUT2D eigenvalue weighted by molar-refractivity contribution is 8.05. The predicted molar refractivity (Wildman–Crippen MR) is 112 cm³/mol. The van der Waals surface area contributed by atoms with Gasteiger partial charge in [-0.3, -0.25) is 9.79 Å². The first-order valence-corrected chi connectivity index (χ1v) is 11.3. The maximum atomic E-state index is 13.0. The molecule has 1 aromatic carbocycles. The van der Waals surface area contributed by atoms with E-state index in [0.717, 1.165) is 17.2 Å². The van der Waals surface area contributed by atoms with Crippen molar-refractivity contribution in [1.82, 2.24) is 4.73 Å². The molecule has 0 bridgehead atoms. The van der Waals surface area contributed by atoms with Crippen LogP contribution in [0.15, 0.2) is 40.4 Å². The van der Waals surface area contributed by atoms with Gasteiger partial charge in [-0.1, -0.05) is 18.2 Å². The van der Waals surface area contributed by atoms with Crippen molar-refractivity contribution in [2.24, 2.45) is 15.4 Å². The topological polar surface area (TPSA) is 99.3 Å². The number of carbonyl (C=O) groups is 1. The number of carbonyl (C=O) groups excluding carboxylic acids is 1. The third kappa shape index (κ3) is 3.91. The van der Waals surface area contributed by atoms with Crippen LogP contribution in [0.1, 0.15) is 33.3 Å². The molecule has 29 heavy (non-hydrogen) atoms. The number of esters is 1. The fourth-order valence-electron chi connectivity index (χ4n) is 3.20. The molecule has 3 rings (SSSR count). The Labute approximate surface area is 170 Å². The zero-order valence-corrected chi connectivity index (χ0v) is 18.0. The second-order valence-corrected chi connectivity index (χ2v) is 9.33. The second-order valence-electron chi connectivity index (χ2n) is 7.42. The Morgan fingerprint density at radius 1 is 1.31 bits per heavy atom. The van der Waals surface area contributed by atoms with Gasteiger partial charge in [0, 0.05) is 17.2 Å². The van der Waals surface area contributed by atoms with Gasteiger partial charge >= 0.3 is 5.97 Å². The van der Waals surface area contributed by atoms with E-state index in [1.807, 2.05) is 31.2 Å². The third-order valence-corrected chi connectivity index (χ3v) is 5.47. The van der Waals surface area contributed by atoms with Gasteiger partial charge in [0.05, 0.1) is 30.1 Å². The summed E-state index contributed by atoms with van der Waals surface area (Å²) in [6, 6.07) is 7.50. The highest BCUT2D eigenvalue weighted by Crippen LogP contribution is 2.34. The van der Waals surface area contributed by atoms with E-state index < -0.39 is 21.2 Å². The number of fused-ring (bicyclic) bond motifs is 1. The number of benzene rings is 1. The van der Waals surface area contributed by atoms with Crippen molar-refractivity contribution >= 4 is 37.6 Å². The summed E-state index contributed by atoms with van der Waals surface area (Å²) in [5.74, 6) is -0.504. The molecule has 2 heterocycles. The standard InChI is InChI=1S/C20H25N3O5S/c1-6-27-23-11-15(14-9-7-8-10-16(14)23)17-20(4,18(24)28-13(2)3)12-21-19(22-17)29(5,25)26/h7-11,13H,6,12H2,1-5H3. The molecule has 0 fully saturated rings. The van der Waals surface area contributed by atoms with Crippen molar-refractivity contribution in [3.63, 3.8) is 0 Å². The molecule has 1 atom stereocenters. The number of aromatic nitrogens is 1. The van der Waals surface area contributed by atoms with Gasteiger partial charge < -0.3 is 9.57 Å². The van der Waals surface area contributed by atoms with E-state index in [4.69, 9.17) is 9.57 Å². The molecular weight excluding hydrogens is 394 g/mol. The molecule has 1 aliphatic rings. The summed E-state index contributed by atoms with van der Waals surface area (Å²) in [5, 5.41) is 0.494. The minimum absolute atomic E-state index is 0.0755. The average molecular weight is 420 g/mol. The molecule has 8 nitrogen and oxygen atoms in total. The number of sulfone groups is 1. The lowest BCUT2D eigenvalue weighted by molar-refractivity contribution is -0.154. The maximum Gasteiger partial charge on any atom is 0.320 e. The lowest BCUT2D eigenvalue weighted by Crippen LogP contribution is -2.45. The molecule has 0 amide bonds. The Kier molecular flexibility index (Phi) is 5.53. The smallest absolute Gasteiger partial charge is 0.320 e. The molecule has 9 heteroatoms. The summed E-state index contributed by atoms with van der Waals surface area (Å²) in [6.45, 7) is 7.42. The Morgan fingerprint density at radius 2 is 2.00 bits per heavy atom. The van der Waals surface area contributed by atoms with Gasteiger partial charge in [0.1, 0.15) is 12.0 Å². The first-order valence-electron chi connectivity index (χ1n) is 9.36. The molecule has 1 unspecified atom stereocenters. The minimum Gasteiger partial charge on any atom is -0.462 e. The van der Waals surface area contributed by atoms with Crippen molar-refractivity contribution in [3.8, 4) is 0 Å². The number of hydrogen-bond donors (Lipinski definition) is 0. The van der Waals surface area contributed by atoms with Crippen molar-refractivity contribution in [3.05, 3.63) is 36.0 Å². The molecule has 0 N–H and O–H groups in total. The van der Waals surface area contributed by atoms with Crippen LogP contribution in [0.3, 0.4) is 0 Å². The minimum atomic E-state index is -3.65. The van der Waals surface area contributed by atoms with E-state index in [-0.39, 0.29) is 17.8 Å². The molecule has 0 radical (unpaired) electrons. The summed E-state index contributed by atoms with van der Waals surface area (Å²) < 4.78 is 31.3. The Morgan fingerprint density at radius 3 is 2.62 bits per heavy atom. The van der Waals surface area contributed by atoms with Gasteiger partial charge in [0.2, 0.25) is 15.0 Å². The summed E-state index contributed by atoms with van der Waals surface area (Å²) in [7, 11) is -3.65. The molecule has 2 aromatic rings. The zero-order valence-electron chi connectivity index (χ0n) is 17.2. The Bertz CT molecular complexity index is 1110. The number of nitrogens with zero attached hydrogens (tertiary/aromatic N) is 3. The SMILES string of the molecule is CCOn1cc(C2=NC(S(C)(=O)=O)=NCC2(C)C(=O)OC(C)C)c2ccccc21. The molecular formula is C20H25N3O5S. The fraction of sp³-hybridized carbons (Fsp3) is 0.450. The number of aliphatic imine (C=N–C) groups is 2. The fourth-order valence-corrected chi connectivity index (χ4v) is 3.76. The van der Waals surface area contributed by atoms with E-state index in [9.17, 15) is 13.2 Å². The van der Waals surface area contributed by atoms with E-state index in [1.165, 1.54) is 0 Å². The van der Waals surface area contributed by atoms with E-state index in [2.05, 4.69) is 9.98 Å². The van der Waals surface area contributed by atoms with Crippen LogP contribution in [-0.2, 0) is 19.4 Å². The normalized spacial score (nSPS) is 19.8. The van der Waals surface area contributed by atoms with Gasteiger partial charge in [-0.05, 0) is 33.8 Å². The van der Waals surface area contributed by atoms with Crippen molar-refractivity contribution in [2.45, 2.75) is 33.8 Å². The number of amidine groups is 1. The molecule has 0 saturated heterocycles. The highest BCUT2D eigenvalue weighted by Gasteiger charge is 2.45. The number of rotatable bonds is 5. The van der Waals surface area contributed by atoms with Crippen LogP contribution < -0.4 is 4.84 Å². The summed E-state index contributed by atoms with van der Waals surface area (Å²) >= 11 is 0. The molecule has 0 spiro atoms. The zero-order chi connectivity index (χ0) is 21.4. The molecule has 1 aromatic heterocycles. The monoisotopic (exact) mass is 419 g/mol. The van der Waals surface area contributed by atoms with Gasteiger partial charge in [0.15, 0.2) is 0 Å². The number of para-hydroxylation sites is 1. The van der Waals surface area contributed by atoms with Crippen molar-refractivity contribution in [1.29, 1.82) is 0 Å². The number of hydrogen-bond acceptors (Lipinski definition) is 7. The van der Waals surface area contributed by atoms with Crippen molar-refractivity contribution < 1.29 is 22.8 Å². The molecule has 0 aliphatic carbocycles. The quantitative estimate of drug-likeness (QED) is 0.692. The lowest BCUT2D eigenvalue weighted by atomic mass is 9.80. The van der Waals surface area contributed by atoms with E-state index in [0.29, 0.717) is 17.9 Å². The molecule has 156 valence electrons. The number of ether oxygens (including phenoxy) is 1. The van der Waals surface area contributed by atoms with E-state index in [1.54, 1.807) is 31.7 Å². The van der Waals surface area contributed by atoms with Crippen LogP contribution in [0.2, 0.25) is 0 Å². The Hall–Kier alpha value is -2.68. The largest absolute Gasteiger partial charge is 0.462 e. The third-order valence-electron chi connectivity index (χ3n) is 4.59. The van der Waals surface area contributed by atoms with E-state index >= 15 is 0 Å². The molecule has 1 aliphatic heterocycles. The first-order chi connectivity index (χ1) is 13.6. The highest BCUT2D eigenvalue weighted by atomic mass is 32.2. The predicted octanol–water partition coefficient (Wildman–Crippen LogP) is 2.25. The van der Waals surface area contributed by atoms with Gasteiger partial charge in [0.25, 0.3) is 0 Å². The maximum absolute atomic E-state index is 13.0. The summed E-state index contributed by atoms with van der Waals surface area (Å²) in [6.07, 6.45) is 2.44. The summed E-state index contributed by atoms with van der Waals surface area (Å²) in [5.41, 5.74) is 0.455. The van der Waals surface area contributed by atoms with Crippen LogP contribution in [0.5, 0.6) is 0 Å². The van der Waals surface area contributed by atoms with Crippen LogP contribution in [0.25, 0.3) is 10.9 Å². The Balaban J connectivity index is 2.26. The van der Waals surface area contributed by atoms with Crippen LogP contribution in [-0.4, -0.2) is 55.5 Å². The summed E-state index contributed by atoms with van der Waals surface area (Å²) in [4.78, 5) is 27.1. The first kappa shape index (κ1) is 21.0. The van der Waals surface area contributed by atoms with Crippen LogP contribution in [0, 0.1) is 5.41 Å². The van der Waals surface area contributed by atoms with Gasteiger partial charge in [-0.25, -0.2) is 13.4 Å². The lowest BCUT2D eigenvalue weighted by Gasteiger charge is -2.30. The average Bonchev–Trinajstić information content (AvgIpc) is 2.99. The van der Waals surface area contributed by atoms with Crippen LogP contribution >= 0.6 is 0 Å².